The van der Waals surface area contributed by atoms with E-state index in [9.17, 15) is 9.59 Å². The Morgan fingerprint density at radius 1 is 1.17 bits per heavy atom. The van der Waals surface area contributed by atoms with E-state index in [1.807, 2.05) is 6.92 Å². The molecule has 1 aliphatic rings. The van der Waals surface area contributed by atoms with Crippen LogP contribution in [0, 0.1) is 10.8 Å². The summed E-state index contributed by atoms with van der Waals surface area (Å²) in [6.07, 6.45) is 0.954. The summed E-state index contributed by atoms with van der Waals surface area (Å²) in [5.74, 6) is -0.692. The van der Waals surface area contributed by atoms with Gasteiger partial charge in [-0.15, -0.1) is 0 Å². The zero-order chi connectivity index (χ0) is 9.57. The van der Waals surface area contributed by atoms with Crippen LogP contribution in [0.1, 0.15) is 33.6 Å². The summed E-state index contributed by atoms with van der Waals surface area (Å²) in [6, 6.07) is 0. The van der Waals surface area contributed by atoms with Crippen molar-refractivity contribution in [1.29, 1.82) is 0 Å². The lowest BCUT2D eigenvalue weighted by molar-refractivity contribution is -0.165. The number of carboxylic acid groups (broad SMARTS) is 1. The van der Waals surface area contributed by atoms with Gasteiger partial charge in [-0.05, 0) is 26.7 Å². The molecule has 0 spiro atoms. The normalized spacial score (nSPS) is 40.2. The molecule has 0 aromatic rings. The Kier molecular flexibility index (Phi) is 1.78. The number of carbonyl (C=O) groups excluding carboxylic acids is 1. The van der Waals surface area contributed by atoms with Crippen molar-refractivity contribution < 1.29 is 14.7 Å². The molecule has 0 radical (unpaired) electrons. The molecule has 0 atom stereocenters. The lowest BCUT2D eigenvalue weighted by Crippen LogP contribution is -2.51. The number of carboxylic acids is 1. The Bertz CT molecular complexity index is 212. The second-order valence-corrected chi connectivity index (χ2v) is 4.34. The monoisotopic (exact) mass is 170 g/mol. The fraction of sp³-hybridized carbons (Fsp3) is 0.778. The highest BCUT2D eigenvalue weighted by molar-refractivity contribution is 5.87. The molecule has 68 valence electrons. The smallest absolute Gasteiger partial charge is 0.309 e. The van der Waals surface area contributed by atoms with Gasteiger partial charge >= 0.3 is 5.97 Å². The van der Waals surface area contributed by atoms with Gasteiger partial charge in [-0.1, -0.05) is 6.92 Å². The van der Waals surface area contributed by atoms with Gasteiger partial charge in [0.1, 0.15) is 5.78 Å². The van der Waals surface area contributed by atoms with Gasteiger partial charge in [0.25, 0.3) is 0 Å². The molecule has 0 heterocycles. The molecule has 1 fully saturated rings. The SMILES string of the molecule is CC(=O)C1(C)CC(C)(C(=O)O)C1. The maximum Gasteiger partial charge on any atom is 0.309 e. The third-order valence-electron chi connectivity index (χ3n) is 2.93. The van der Waals surface area contributed by atoms with Gasteiger partial charge in [0.05, 0.1) is 5.41 Å². The van der Waals surface area contributed by atoms with Crippen LogP contribution in [0.3, 0.4) is 0 Å². The standard InChI is InChI=1S/C9H14O3/c1-6(10)8(2)4-9(3,5-8)7(11)12/h4-5H2,1-3H3,(H,11,12). The zero-order valence-electron chi connectivity index (χ0n) is 7.68. The Labute approximate surface area is 71.8 Å². The molecular formula is C9H14O3. The second-order valence-electron chi connectivity index (χ2n) is 4.34. The van der Waals surface area contributed by atoms with E-state index in [2.05, 4.69) is 0 Å². The van der Waals surface area contributed by atoms with Crippen LogP contribution in [-0.4, -0.2) is 16.9 Å². The lowest BCUT2D eigenvalue weighted by atomic mass is 9.53. The summed E-state index contributed by atoms with van der Waals surface area (Å²) in [7, 11) is 0. The molecule has 0 unspecified atom stereocenters. The number of ketones is 1. The fourth-order valence-corrected chi connectivity index (χ4v) is 2.07. The van der Waals surface area contributed by atoms with Crippen molar-refractivity contribution in [2.75, 3.05) is 0 Å². The van der Waals surface area contributed by atoms with Crippen LogP contribution in [0.15, 0.2) is 0 Å². The summed E-state index contributed by atoms with van der Waals surface area (Å²) in [4.78, 5) is 21.8. The molecule has 1 rings (SSSR count). The number of hydrogen-bond donors (Lipinski definition) is 1. The van der Waals surface area contributed by atoms with Crippen molar-refractivity contribution in [3.8, 4) is 0 Å². The minimum atomic E-state index is -0.791. The summed E-state index contributed by atoms with van der Waals surface area (Å²) >= 11 is 0. The number of Topliss-reactive ketones (excluding diaryl/α,β-unsaturated/α-hetero) is 1. The van der Waals surface area contributed by atoms with Crippen LogP contribution in [0.4, 0.5) is 0 Å². The van der Waals surface area contributed by atoms with E-state index >= 15 is 0 Å². The molecule has 3 nitrogen and oxygen atoms in total. The Balaban J connectivity index is 2.68. The van der Waals surface area contributed by atoms with Crippen LogP contribution < -0.4 is 0 Å². The third kappa shape index (κ3) is 1.13. The first-order valence-electron chi connectivity index (χ1n) is 4.05. The molecular weight excluding hydrogens is 156 g/mol. The summed E-state index contributed by atoms with van der Waals surface area (Å²) in [6.45, 7) is 5.06. The number of rotatable bonds is 2. The van der Waals surface area contributed by atoms with Crippen molar-refractivity contribution in [3.05, 3.63) is 0 Å². The quantitative estimate of drug-likeness (QED) is 0.682. The van der Waals surface area contributed by atoms with Gasteiger partial charge < -0.3 is 5.11 Å². The van der Waals surface area contributed by atoms with Gasteiger partial charge in [-0.3, -0.25) is 9.59 Å². The van der Waals surface area contributed by atoms with Gasteiger partial charge in [0.2, 0.25) is 0 Å². The van der Waals surface area contributed by atoms with Crippen LogP contribution >= 0.6 is 0 Å². The largest absolute Gasteiger partial charge is 0.481 e. The van der Waals surface area contributed by atoms with E-state index in [1.165, 1.54) is 6.92 Å². The molecule has 1 N–H and O–H groups in total. The van der Waals surface area contributed by atoms with Crippen molar-refractivity contribution in [2.24, 2.45) is 10.8 Å². The molecule has 12 heavy (non-hydrogen) atoms. The Morgan fingerprint density at radius 2 is 1.58 bits per heavy atom. The highest BCUT2D eigenvalue weighted by Gasteiger charge is 2.55. The van der Waals surface area contributed by atoms with E-state index in [-0.39, 0.29) is 11.2 Å². The van der Waals surface area contributed by atoms with E-state index in [0.29, 0.717) is 12.8 Å². The summed E-state index contributed by atoms with van der Waals surface area (Å²) in [5, 5.41) is 8.80. The first-order chi connectivity index (χ1) is 5.30. The van der Waals surface area contributed by atoms with Crippen molar-refractivity contribution in [1.82, 2.24) is 0 Å². The van der Waals surface area contributed by atoms with Crippen LogP contribution in [0.2, 0.25) is 0 Å². The summed E-state index contributed by atoms with van der Waals surface area (Å²) < 4.78 is 0. The predicted molar refractivity (Wildman–Crippen MR) is 43.8 cm³/mol. The second kappa shape index (κ2) is 2.31. The number of aliphatic carboxylic acids is 1. The zero-order valence-corrected chi connectivity index (χ0v) is 7.68. The van der Waals surface area contributed by atoms with Crippen LogP contribution in [0.5, 0.6) is 0 Å². The third-order valence-corrected chi connectivity index (χ3v) is 2.93. The highest BCUT2D eigenvalue weighted by atomic mass is 16.4. The highest BCUT2D eigenvalue weighted by Crippen LogP contribution is 2.54. The summed E-state index contributed by atoms with van der Waals surface area (Å²) in [5.41, 5.74) is -1.05. The molecule has 3 heteroatoms. The van der Waals surface area contributed by atoms with Gasteiger partial charge in [-0.25, -0.2) is 0 Å². The Hall–Kier alpha value is -0.860. The molecule has 1 aliphatic carbocycles. The van der Waals surface area contributed by atoms with Crippen LogP contribution in [0.25, 0.3) is 0 Å². The Morgan fingerprint density at radius 3 is 1.83 bits per heavy atom. The van der Waals surface area contributed by atoms with Gasteiger partial charge in [0, 0.05) is 5.41 Å². The van der Waals surface area contributed by atoms with Gasteiger partial charge in [0.15, 0.2) is 0 Å². The topological polar surface area (TPSA) is 54.4 Å². The van der Waals surface area contributed by atoms with Crippen molar-refractivity contribution >= 4 is 11.8 Å². The molecule has 0 amide bonds. The van der Waals surface area contributed by atoms with Crippen molar-refractivity contribution in [3.63, 3.8) is 0 Å². The minimum Gasteiger partial charge on any atom is -0.481 e. The molecule has 0 aromatic heterocycles. The molecule has 0 saturated heterocycles. The molecule has 0 aromatic carbocycles. The lowest BCUT2D eigenvalue weighted by Gasteiger charge is -2.48. The number of hydrogen-bond acceptors (Lipinski definition) is 2. The van der Waals surface area contributed by atoms with E-state index in [0.717, 1.165) is 0 Å². The maximum absolute atomic E-state index is 11.1. The molecule has 0 bridgehead atoms. The predicted octanol–water partition coefficient (Wildman–Crippen LogP) is 1.47. The first kappa shape index (κ1) is 9.23. The minimum absolute atomic E-state index is 0.0984. The van der Waals surface area contributed by atoms with Crippen LogP contribution in [-0.2, 0) is 9.59 Å². The maximum atomic E-state index is 11.1. The van der Waals surface area contributed by atoms with Crippen molar-refractivity contribution in [2.45, 2.75) is 33.6 Å². The van der Waals surface area contributed by atoms with Gasteiger partial charge in [-0.2, -0.15) is 0 Å². The molecule has 0 aliphatic heterocycles. The first-order valence-corrected chi connectivity index (χ1v) is 4.05. The fourth-order valence-electron chi connectivity index (χ4n) is 2.07. The van der Waals surface area contributed by atoms with E-state index < -0.39 is 11.4 Å². The molecule has 1 saturated carbocycles. The van der Waals surface area contributed by atoms with E-state index in [1.54, 1.807) is 6.92 Å². The average molecular weight is 170 g/mol. The van der Waals surface area contributed by atoms with E-state index in [4.69, 9.17) is 5.11 Å². The number of carbonyl (C=O) groups is 2. The average Bonchev–Trinajstić information content (AvgIpc) is 1.83.